The summed E-state index contributed by atoms with van der Waals surface area (Å²) in [7, 11) is -3.28. The second-order valence-electron chi connectivity index (χ2n) is 6.73. The van der Waals surface area contributed by atoms with Gasteiger partial charge in [-0.2, -0.15) is 0 Å². The molecule has 0 saturated carbocycles. The Balaban J connectivity index is 1.51. The molecule has 25 heavy (non-hydrogen) atoms. The van der Waals surface area contributed by atoms with E-state index in [-0.39, 0.29) is 11.2 Å². The third-order valence-electron chi connectivity index (χ3n) is 5.27. The Morgan fingerprint density at radius 1 is 1.08 bits per heavy atom. The summed E-state index contributed by atoms with van der Waals surface area (Å²) in [6, 6.07) is 11.3. The average molecular weight is 355 g/mol. The van der Waals surface area contributed by atoms with Crippen molar-refractivity contribution in [2.75, 3.05) is 13.1 Å². The zero-order valence-corrected chi connectivity index (χ0v) is 14.3. The van der Waals surface area contributed by atoms with E-state index in [1.165, 1.54) is 0 Å². The lowest BCUT2D eigenvalue weighted by Gasteiger charge is -2.16. The normalized spacial score (nSPS) is 24.3. The highest BCUT2D eigenvalue weighted by Gasteiger charge is 2.50. The zero-order valence-electron chi connectivity index (χ0n) is 13.5. The summed E-state index contributed by atoms with van der Waals surface area (Å²) < 4.78 is 36.4. The summed E-state index contributed by atoms with van der Waals surface area (Å²) in [5, 5.41) is -0.364. The highest BCUT2D eigenvalue weighted by molar-refractivity contribution is 7.92. The van der Waals surface area contributed by atoms with Crippen molar-refractivity contribution in [2.24, 2.45) is 0 Å². The molecule has 0 unspecified atom stereocenters. The summed E-state index contributed by atoms with van der Waals surface area (Å²) in [5.74, 6) is 0.881. The van der Waals surface area contributed by atoms with Gasteiger partial charge >= 0.3 is 0 Å². The average Bonchev–Trinajstić information content (AvgIpc) is 3.37. The van der Waals surface area contributed by atoms with Crippen molar-refractivity contribution in [3.05, 3.63) is 66.5 Å². The van der Waals surface area contributed by atoms with Gasteiger partial charge in [-0.3, -0.25) is 4.90 Å². The summed E-state index contributed by atoms with van der Waals surface area (Å²) in [6.45, 7) is 1.92. The van der Waals surface area contributed by atoms with Crippen molar-refractivity contribution in [3.63, 3.8) is 0 Å². The molecule has 0 radical (unpaired) electrons. The fourth-order valence-corrected chi connectivity index (χ4v) is 6.28. The summed E-state index contributed by atoms with van der Waals surface area (Å²) in [4.78, 5) is 2.66. The largest absolute Gasteiger partial charge is 0.472 e. The smallest absolute Gasteiger partial charge is 0.183 e. The second kappa shape index (κ2) is 5.34. The number of furan rings is 2. The SMILES string of the molecule is O=S1(=O)c2ccc(-c3ccoc3)cc2[C@H]2CN(Cc3ccco3)C[C@@H]21. The van der Waals surface area contributed by atoms with Gasteiger partial charge in [-0.1, -0.05) is 6.07 Å². The first-order valence-corrected chi connectivity index (χ1v) is 9.83. The minimum atomic E-state index is -3.28. The molecule has 0 bridgehead atoms. The maximum Gasteiger partial charge on any atom is 0.183 e. The Hall–Kier alpha value is -2.31. The van der Waals surface area contributed by atoms with Crippen LogP contribution in [-0.4, -0.2) is 31.7 Å². The number of likely N-dealkylation sites (tertiary alicyclic amines) is 1. The van der Waals surface area contributed by atoms with E-state index in [1.807, 2.05) is 30.3 Å². The lowest BCUT2D eigenvalue weighted by atomic mass is 9.95. The standard InChI is InChI=1S/C19H17NO4S/c21-25(22)18-4-3-13(14-5-7-23-12-14)8-16(18)17-10-20(11-19(17)25)9-15-2-1-6-24-15/h1-8,12,17,19H,9-11H2/t17-,19+/m1/s1. The summed E-state index contributed by atoms with van der Waals surface area (Å²) >= 11 is 0. The molecule has 2 aliphatic heterocycles. The van der Waals surface area contributed by atoms with Crippen molar-refractivity contribution in [3.8, 4) is 11.1 Å². The Bertz CT molecular complexity index is 1010. The van der Waals surface area contributed by atoms with Crippen molar-refractivity contribution in [1.82, 2.24) is 4.90 Å². The molecule has 6 heteroatoms. The van der Waals surface area contributed by atoms with Gasteiger partial charge in [0, 0.05) is 24.6 Å². The molecule has 2 atom stereocenters. The van der Waals surface area contributed by atoms with Crippen LogP contribution in [0.15, 0.2) is 68.9 Å². The lowest BCUT2D eigenvalue weighted by molar-refractivity contribution is 0.293. The molecule has 3 aromatic rings. The minimum absolute atomic E-state index is 0.0156. The number of rotatable bonds is 3. The molecule has 1 aromatic carbocycles. The number of nitrogens with zero attached hydrogens (tertiary/aromatic N) is 1. The fraction of sp³-hybridized carbons (Fsp3) is 0.263. The van der Waals surface area contributed by atoms with E-state index in [4.69, 9.17) is 8.83 Å². The van der Waals surface area contributed by atoms with Crippen molar-refractivity contribution < 1.29 is 17.3 Å². The topological polar surface area (TPSA) is 63.7 Å². The number of fused-ring (bicyclic) bond motifs is 3. The summed E-state index contributed by atoms with van der Waals surface area (Å²) in [6.07, 6.45) is 4.96. The van der Waals surface area contributed by atoms with E-state index in [2.05, 4.69) is 4.90 Å². The highest BCUT2D eigenvalue weighted by atomic mass is 32.2. The molecule has 5 nitrogen and oxygen atoms in total. The predicted molar refractivity (Wildman–Crippen MR) is 91.8 cm³/mol. The monoisotopic (exact) mass is 355 g/mol. The molecule has 4 heterocycles. The van der Waals surface area contributed by atoms with Crippen LogP contribution in [0, 0.1) is 0 Å². The van der Waals surface area contributed by atoms with Crippen LogP contribution >= 0.6 is 0 Å². The van der Waals surface area contributed by atoms with Crippen LogP contribution in [-0.2, 0) is 16.4 Å². The minimum Gasteiger partial charge on any atom is -0.472 e. The first-order chi connectivity index (χ1) is 12.1. The van der Waals surface area contributed by atoms with Crippen LogP contribution in [0.5, 0.6) is 0 Å². The Kier molecular flexibility index (Phi) is 3.20. The van der Waals surface area contributed by atoms with Gasteiger partial charge in [0.1, 0.15) is 5.76 Å². The van der Waals surface area contributed by atoms with Gasteiger partial charge in [0.25, 0.3) is 0 Å². The Labute approximate surface area is 145 Å². The van der Waals surface area contributed by atoms with Crippen LogP contribution in [0.3, 0.4) is 0 Å². The van der Waals surface area contributed by atoms with Crippen molar-refractivity contribution in [2.45, 2.75) is 22.6 Å². The summed E-state index contributed by atoms with van der Waals surface area (Å²) in [5.41, 5.74) is 2.90. The molecule has 0 amide bonds. The van der Waals surface area contributed by atoms with E-state index in [0.29, 0.717) is 18.0 Å². The molecule has 0 aliphatic carbocycles. The predicted octanol–water partition coefficient (Wildman–Crippen LogP) is 3.29. The molecular weight excluding hydrogens is 338 g/mol. The van der Waals surface area contributed by atoms with E-state index in [1.54, 1.807) is 24.9 Å². The van der Waals surface area contributed by atoms with Crippen LogP contribution in [0.1, 0.15) is 17.2 Å². The number of hydrogen-bond acceptors (Lipinski definition) is 5. The third-order valence-corrected chi connectivity index (χ3v) is 7.53. The van der Waals surface area contributed by atoms with E-state index < -0.39 is 9.84 Å². The molecule has 5 rings (SSSR count). The van der Waals surface area contributed by atoms with Crippen molar-refractivity contribution in [1.29, 1.82) is 0 Å². The van der Waals surface area contributed by atoms with Crippen LogP contribution in [0.25, 0.3) is 11.1 Å². The van der Waals surface area contributed by atoms with Crippen LogP contribution in [0.2, 0.25) is 0 Å². The van der Waals surface area contributed by atoms with Gasteiger partial charge in [0.05, 0.1) is 35.5 Å². The molecule has 1 saturated heterocycles. The first kappa shape index (κ1) is 15.0. The van der Waals surface area contributed by atoms with Gasteiger partial charge in [-0.15, -0.1) is 0 Å². The van der Waals surface area contributed by atoms with Crippen LogP contribution in [0.4, 0.5) is 0 Å². The van der Waals surface area contributed by atoms with E-state index in [0.717, 1.165) is 29.0 Å². The molecule has 2 aliphatic rings. The molecule has 0 spiro atoms. The van der Waals surface area contributed by atoms with Gasteiger partial charge in [-0.25, -0.2) is 8.42 Å². The zero-order chi connectivity index (χ0) is 17.0. The van der Waals surface area contributed by atoms with Gasteiger partial charge < -0.3 is 8.83 Å². The van der Waals surface area contributed by atoms with Gasteiger partial charge in [0.15, 0.2) is 9.84 Å². The van der Waals surface area contributed by atoms with Crippen molar-refractivity contribution >= 4 is 9.84 Å². The molecule has 128 valence electrons. The Morgan fingerprint density at radius 2 is 2.00 bits per heavy atom. The molecular formula is C19H17NO4S. The van der Waals surface area contributed by atoms with E-state index >= 15 is 0 Å². The molecule has 1 fully saturated rings. The van der Waals surface area contributed by atoms with E-state index in [9.17, 15) is 8.42 Å². The number of sulfone groups is 1. The lowest BCUT2D eigenvalue weighted by Crippen LogP contribution is -2.25. The number of hydrogen-bond donors (Lipinski definition) is 0. The quantitative estimate of drug-likeness (QED) is 0.721. The highest BCUT2D eigenvalue weighted by Crippen LogP contribution is 2.46. The Morgan fingerprint density at radius 3 is 2.76 bits per heavy atom. The van der Waals surface area contributed by atoms with Gasteiger partial charge in [-0.05, 0) is 41.5 Å². The van der Waals surface area contributed by atoms with Gasteiger partial charge in [0.2, 0.25) is 0 Å². The maximum atomic E-state index is 12.9. The first-order valence-electron chi connectivity index (χ1n) is 8.28. The molecule has 2 aromatic heterocycles. The fourth-order valence-electron chi connectivity index (χ4n) is 4.09. The third kappa shape index (κ3) is 2.28. The number of benzene rings is 1. The van der Waals surface area contributed by atoms with Crippen LogP contribution < -0.4 is 0 Å². The maximum absolute atomic E-state index is 12.9. The molecule has 0 N–H and O–H groups in total. The second-order valence-corrected chi connectivity index (χ2v) is 8.86.